The number of benzene rings is 1. The van der Waals surface area contributed by atoms with E-state index in [1.807, 2.05) is 6.92 Å². The molecule has 0 saturated carbocycles. The van der Waals surface area contributed by atoms with Gasteiger partial charge < -0.3 is 15.5 Å². The fraction of sp³-hybridized carbons (Fsp3) is 0.267. The lowest BCUT2D eigenvalue weighted by atomic mass is 10.1. The fourth-order valence-corrected chi connectivity index (χ4v) is 2.43. The van der Waals surface area contributed by atoms with Crippen molar-refractivity contribution in [2.75, 3.05) is 5.32 Å². The quantitative estimate of drug-likeness (QED) is 0.799. The number of aromatic hydroxyl groups is 1. The summed E-state index contributed by atoms with van der Waals surface area (Å²) in [6.07, 6.45) is 1.55. The summed E-state index contributed by atoms with van der Waals surface area (Å²) >= 11 is 12.3. The summed E-state index contributed by atoms with van der Waals surface area (Å²) in [4.78, 5) is 4.02. The molecule has 0 aliphatic carbocycles. The third kappa shape index (κ3) is 3.40. The van der Waals surface area contributed by atoms with Crippen molar-refractivity contribution in [2.24, 2.45) is 0 Å². The number of aryl methyl sites for hydroxylation is 2. The molecule has 2 rings (SSSR count). The van der Waals surface area contributed by atoms with Gasteiger partial charge >= 0.3 is 0 Å². The number of anilines is 1. The largest absolute Gasteiger partial charge is 0.506 e. The lowest BCUT2D eigenvalue weighted by molar-refractivity contribution is 0.279. The molecule has 3 N–H and O–H groups in total. The zero-order valence-electron chi connectivity index (χ0n) is 11.7. The number of hydrogen-bond donors (Lipinski definition) is 3. The van der Waals surface area contributed by atoms with E-state index in [0.29, 0.717) is 39.1 Å². The van der Waals surface area contributed by atoms with Crippen LogP contribution in [0.1, 0.15) is 22.4 Å². The number of nitrogens with one attached hydrogen (secondary N) is 1. The van der Waals surface area contributed by atoms with E-state index in [4.69, 9.17) is 23.2 Å². The first-order chi connectivity index (χ1) is 9.93. The van der Waals surface area contributed by atoms with Gasteiger partial charge in [0.1, 0.15) is 5.75 Å². The maximum absolute atomic E-state index is 10.1. The predicted molar refractivity (Wildman–Crippen MR) is 85.1 cm³/mol. The van der Waals surface area contributed by atoms with Crippen molar-refractivity contribution >= 4 is 28.9 Å². The van der Waals surface area contributed by atoms with Crippen LogP contribution in [0.25, 0.3) is 0 Å². The van der Waals surface area contributed by atoms with Crippen LogP contribution in [0, 0.1) is 13.8 Å². The second-order valence-corrected chi connectivity index (χ2v) is 5.60. The summed E-state index contributed by atoms with van der Waals surface area (Å²) in [7, 11) is 0. The van der Waals surface area contributed by atoms with Crippen molar-refractivity contribution in [3.8, 4) is 5.75 Å². The first kappa shape index (κ1) is 15.9. The average molecular weight is 327 g/mol. The van der Waals surface area contributed by atoms with Crippen molar-refractivity contribution in [1.82, 2.24) is 4.98 Å². The highest BCUT2D eigenvalue weighted by atomic mass is 35.5. The molecule has 0 fully saturated rings. The molecule has 21 heavy (non-hydrogen) atoms. The van der Waals surface area contributed by atoms with Gasteiger partial charge in [0.05, 0.1) is 23.0 Å². The zero-order chi connectivity index (χ0) is 15.6. The van der Waals surface area contributed by atoms with E-state index in [0.717, 1.165) is 5.56 Å². The molecule has 0 aliphatic rings. The topological polar surface area (TPSA) is 65.4 Å². The lowest BCUT2D eigenvalue weighted by Gasteiger charge is -2.14. The van der Waals surface area contributed by atoms with Gasteiger partial charge in [0.25, 0.3) is 0 Å². The molecule has 2 aromatic rings. The first-order valence-electron chi connectivity index (χ1n) is 6.40. The highest BCUT2D eigenvalue weighted by Gasteiger charge is 2.12. The van der Waals surface area contributed by atoms with Crippen molar-refractivity contribution in [1.29, 1.82) is 0 Å². The molecular weight excluding hydrogens is 311 g/mol. The zero-order valence-corrected chi connectivity index (χ0v) is 13.3. The van der Waals surface area contributed by atoms with E-state index in [1.54, 1.807) is 25.3 Å². The van der Waals surface area contributed by atoms with Crippen LogP contribution in [-0.2, 0) is 13.2 Å². The molecule has 1 heterocycles. The molecule has 1 aromatic carbocycles. The summed E-state index contributed by atoms with van der Waals surface area (Å²) in [6, 6.07) is 3.51. The number of aliphatic hydroxyl groups is 1. The van der Waals surface area contributed by atoms with Crippen LogP contribution >= 0.6 is 23.2 Å². The van der Waals surface area contributed by atoms with Crippen LogP contribution in [0.2, 0.25) is 10.0 Å². The Balaban J connectivity index is 2.28. The highest BCUT2D eigenvalue weighted by Crippen LogP contribution is 2.30. The van der Waals surface area contributed by atoms with Crippen LogP contribution in [0.15, 0.2) is 18.3 Å². The number of hydrogen-bond acceptors (Lipinski definition) is 4. The monoisotopic (exact) mass is 326 g/mol. The maximum atomic E-state index is 10.1. The minimum Gasteiger partial charge on any atom is -0.506 e. The van der Waals surface area contributed by atoms with Gasteiger partial charge in [-0.25, -0.2) is 0 Å². The molecule has 0 saturated heterocycles. The van der Waals surface area contributed by atoms with Gasteiger partial charge in [-0.1, -0.05) is 23.2 Å². The van der Waals surface area contributed by atoms with Crippen LogP contribution < -0.4 is 5.32 Å². The molecule has 112 valence electrons. The second-order valence-electron chi connectivity index (χ2n) is 4.79. The van der Waals surface area contributed by atoms with Crippen molar-refractivity contribution in [3.05, 3.63) is 50.8 Å². The molecule has 0 atom stereocenters. The van der Waals surface area contributed by atoms with Crippen molar-refractivity contribution in [3.63, 3.8) is 0 Å². The standard InChI is InChI=1S/C15H16Cl2N2O2/c1-8-3-13(17)14(4-12(8)16)19-6-11-10(7-20)5-18-9(2)15(11)21/h3-5,19-21H,6-7H2,1-2H3. The molecule has 0 aliphatic heterocycles. The van der Waals surface area contributed by atoms with E-state index < -0.39 is 0 Å². The average Bonchev–Trinajstić information content (AvgIpc) is 2.45. The normalized spacial score (nSPS) is 10.7. The third-order valence-corrected chi connectivity index (χ3v) is 4.02. The van der Waals surface area contributed by atoms with Gasteiger partial charge in [-0.3, -0.25) is 4.98 Å². The molecule has 6 heteroatoms. The molecule has 0 unspecified atom stereocenters. The van der Waals surface area contributed by atoms with Crippen LogP contribution in [0.3, 0.4) is 0 Å². The lowest BCUT2D eigenvalue weighted by Crippen LogP contribution is -2.06. The predicted octanol–water partition coefficient (Wildman–Crippen LogP) is 3.82. The number of pyridine rings is 1. The van der Waals surface area contributed by atoms with Crippen molar-refractivity contribution < 1.29 is 10.2 Å². The Labute approximate surface area is 133 Å². The summed E-state index contributed by atoms with van der Waals surface area (Å²) in [5.41, 5.74) is 3.24. The summed E-state index contributed by atoms with van der Waals surface area (Å²) < 4.78 is 0. The molecule has 0 radical (unpaired) electrons. The van der Waals surface area contributed by atoms with Gasteiger partial charge in [0.2, 0.25) is 0 Å². The Morgan fingerprint density at radius 1 is 1.19 bits per heavy atom. The van der Waals surface area contributed by atoms with Crippen molar-refractivity contribution in [2.45, 2.75) is 27.0 Å². The summed E-state index contributed by atoms with van der Waals surface area (Å²) in [5, 5.41) is 23.7. The van der Waals surface area contributed by atoms with E-state index in [2.05, 4.69) is 10.3 Å². The number of halogens is 2. The first-order valence-corrected chi connectivity index (χ1v) is 7.16. The van der Waals surface area contributed by atoms with E-state index >= 15 is 0 Å². The Bertz CT molecular complexity index is 675. The molecule has 0 amide bonds. The van der Waals surface area contributed by atoms with Gasteiger partial charge in [-0.2, -0.15) is 0 Å². The van der Waals surface area contributed by atoms with Crippen LogP contribution in [-0.4, -0.2) is 15.2 Å². The fourth-order valence-electron chi connectivity index (χ4n) is 1.98. The van der Waals surface area contributed by atoms with Gasteiger partial charge in [0.15, 0.2) is 0 Å². The van der Waals surface area contributed by atoms with Gasteiger partial charge in [-0.15, -0.1) is 0 Å². The Hall–Kier alpha value is -1.49. The highest BCUT2D eigenvalue weighted by molar-refractivity contribution is 6.35. The van der Waals surface area contributed by atoms with Gasteiger partial charge in [-0.05, 0) is 31.5 Å². The van der Waals surface area contributed by atoms with Gasteiger partial charge in [0, 0.05) is 28.9 Å². The second kappa shape index (κ2) is 6.52. The van der Waals surface area contributed by atoms with E-state index in [-0.39, 0.29) is 12.4 Å². The van der Waals surface area contributed by atoms with Crippen LogP contribution in [0.4, 0.5) is 5.69 Å². The minimum atomic E-state index is -0.194. The smallest absolute Gasteiger partial charge is 0.142 e. The molecule has 0 bridgehead atoms. The minimum absolute atomic E-state index is 0.0726. The molecule has 0 spiro atoms. The Kier molecular flexibility index (Phi) is 4.93. The number of rotatable bonds is 4. The number of nitrogens with zero attached hydrogens (tertiary/aromatic N) is 1. The summed E-state index contributed by atoms with van der Waals surface area (Å²) in [6.45, 7) is 3.69. The molecular formula is C15H16Cl2N2O2. The SMILES string of the molecule is Cc1cc(Cl)c(NCc2c(CO)cnc(C)c2O)cc1Cl. The summed E-state index contributed by atoms with van der Waals surface area (Å²) in [5.74, 6) is 0.0726. The molecule has 1 aromatic heterocycles. The molecule has 4 nitrogen and oxygen atoms in total. The Morgan fingerprint density at radius 2 is 1.90 bits per heavy atom. The number of aliphatic hydroxyl groups excluding tert-OH is 1. The Morgan fingerprint density at radius 3 is 2.57 bits per heavy atom. The number of aromatic nitrogens is 1. The van der Waals surface area contributed by atoms with E-state index in [9.17, 15) is 10.2 Å². The van der Waals surface area contributed by atoms with E-state index in [1.165, 1.54) is 0 Å². The maximum Gasteiger partial charge on any atom is 0.142 e. The third-order valence-electron chi connectivity index (χ3n) is 3.30. The van der Waals surface area contributed by atoms with Crippen LogP contribution in [0.5, 0.6) is 5.75 Å².